The number of carbonyl (C=O) groups is 1. The summed E-state index contributed by atoms with van der Waals surface area (Å²) in [5.41, 5.74) is -1.47. The molecule has 0 radical (unpaired) electrons. The van der Waals surface area contributed by atoms with Gasteiger partial charge in [0.25, 0.3) is 0 Å². The molecule has 0 saturated heterocycles. The van der Waals surface area contributed by atoms with Gasteiger partial charge in [-0.1, -0.05) is 12.1 Å². The Balaban J connectivity index is 1.91. The summed E-state index contributed by atoms with van der Waals surface area (Å²) in [5.74, 6) is 1.13. The van der Waals surface area contributed by atoms with Crippen molar-refractivity contribution in [3.63, 3.8) is 0 Å². The standard InChI is InChI=1S/C17H29N3O4/c1-5-7-13-19-14(24-20-13)11-17(22)9-6-8-12(10-17)18-15(21)23-16(2,3)4/h12,22H,5-11H2,1-4H3,(H,18,21)/t12-,17-/m0/s1. The smallest absolute Gasteiger partial charge is 0.407 e. The maximum Gasteiger partial charge on any atom is 0.407 e. The lowest BCUT2D eigenvalue weighted by atomic mass is 9.79. The minimum absolute atomic E-state index is 0.114. The second-order valence-electron chi connectivity index (χ2n) is 7.69. The third-order valence-corrected chi connectivity index (χ3v) is 4.01. The Morgan fingerprint density at radius 1 is 1.50 bits per heavy atom. The molecule has 0 spiro atoms. The van der Waals surface area contributed by atoms with E-state index in [-0.39, 0.29) is 6.04 Å². The number of alkyl carbamates (subject to hydrolysis) is 1. The average molecular weight is 339 g/mol. The molecule has 0 unspecified atom stereocenters. The van der Waals surface area contributed by atoms with Crippen LogP contribution in [0.3, 0.4) is 0 Å². The number of aryl methyl sites for hydroxylation is 1. The minimum Gasteiger partial charge on any atom is -0.444 e. The molecule has 1 fully saturated rings. The van der Waals surface area contributed by atoms with E-state index in [1.165, 1.54) is 0 Å². The number of ether oxygens (including phenoxy) is 1. The van der Waals surface area contributed by atoms with Gasteiger partial charge in [-0.25, -0.2) is 4.79 Å². The molecule has 7 heteroatoms. The molecule has 1 aromatic rings. The Labute approximate surface area is 143 Å². The van der Waals surface area contributed by atoms with E-state index in [0.717, 1.165) is 25.7 Å². The Bertz CT molecular complexity index is 552. The molecule has 1 aliphatic rings. The van der Waals surface area contributed by atoms with Crippen molar-refractivity contribution in [2.45, 2.75) is 89.9 Å². The first-order valence-corrected chi connectivity index (χ1v) is 8.72. The van der Waals surface area contributed by atoms with Crippen molar-refractivity contribution >= 4 is 6.09 Å². The Hall–Kier alpha value is -1.63. The number of hydrogen-bond donors (Lipinski definition) is 2. The molecule has 24 heavy (non-hydrogen) atoms. The molecule has 2 rings (SSSR count). The van der Waals surface area contributed by atoms with Gasteiger partial charge in [-0.3, -0.25) is 0 Å². The lowest BCUT2D eigenvalue weighted by Crippen LogP contribution is -2.48. The first-order chi connectivity index (χ1) is 11.2. The molecule has 1 saturated carbocycles. The number of nitrogens with zero attached hydrogens (tertiary/aromatic N) is 2. The predicted molar refractivity (Wildman–Crippen MR) is 88.6 cm³/mol. The summed E-state index contributed by atoms with van der Waals surface area (Å²) in [7, 11) is 0. The van der Waals surface area contributed by atoms with Gasteiger partial charge in [0.05, 0.1) is 12.0 Å². The van der Waals surface area contributed by atoms with E-state index in [1.54, 1.807) is 0 Å². The van der Waals surface area contributed by atoms with Gasteiger partial charge in [0.2, 0.25) is 5.89 Å². The highest BCUT2D eigenvalue weighted by Gasteiger charge is 2.37. The van der Waals surface area contributed by atoms with Crippen molar-refractivity contribution in [1.29, 1.82) is 0 Å². The van der Waals surface area contributed by atoms with Crippen LogP contribution in [-0.2, 0) is 17.6 Å². The summed E-state index contributed by atoms with van der Waals surface area (Å²) < 4.78 is 10.5. The van der Waals surface area contributed by atoms with E-state index in [0.29, 0.717) is 31.0 Å². The number of hydrogen-bond acceptors (Lipinski definition) is 6. The van der Waals surface area contributed by atoms with Crippen molar-refractivity contribution in [3.8, 4) is 0 Å². The molecule has 136 valence electrons. The van der Waals surface area contributed by atoms with Crippen LogP contribution in [-0.4, -0.2) is 38.6 Å². The lowest BCUT2D eigenvalue weighted by molar-refractivity contribution is -0.0149. The van der Waals surface area contributed by atoms with E-state index >= 15 is 0 Å². The quantitative estimate of drug-likeness (QED) is 0.856. The Morgan fingerprint density at radius 2 is 2.25 bits per heavy atom. The highest BCUT2D eigenvalue weighted by molar-refractivity contribution is 5.68. The van der Waals surface area contributed by atoms with E-state index in [1.807, 2.05) is 20.8 Å². The van der Waals surface area contributed by atoms with Crippen LogP contribution in [0.5, 0.6) is 0 Å². The van der Waals surface area contributed by atoms with Gasteiger partial charge in [0, 0.05) is 12.5 Å². The van der Waals surface area contributed by atoms with Gasteiger partial charge in [0.1, 0.15) is 5.60 Å². The van der Waals surface area contributed by atoms with Crippen LogP contribution in [0, 0.1) is 0 Å². The minimum atomic E-state index is -0.937. The molecule has 7 nitrogen and oxygen atoms in total. The number of aromatic nitrogens is 2. The van der Waals surface area contributed by atoms with Crippen molar-refractivity contribution in [2.24, 2.45) is 0 Å². The van der Waals surface area contributed by atoms with Crippen LogP contribution in [0.1, 0.15) is 71.5 Å². The van der Waals surface area contributed by atoms with Gasteiger partial charge in [-0.05, 0) is 52.9 Å². The van der Waals surface area contributed by atoms with Crippen molar-refractivity contribution in [2.75, 3.05) is 0 Å². The lowest BCUT2D eigenvalue weighted by Gasteiger charge is -2.36. The molecular formula is C17H29N3O4. The van der Waals surface area contributed by atoms with E-state index in [4.69, 9.17) is 9.26 Å². The molecule has 1 aliphatic carbocycles. The summed E-state index contributed by atoms with van der Waals surface area (Å²) in [6, 6.07) is -0.114. The fourth-order valence-corrected chi connectivity index (χ4v) is 3.07. The van der Waals surface area contributed by atoms with E-state index in [2.05, 4.69) is 22.4 Å². The first kappa shape index (κ1) is 18.7. The third-order valence-electron chi connectivity index (χ3n) is 4.01. The fourth-order valence-electron chi connectivity index (χ4n) is 3.07. The van der Waals surface area contributed by atoms with Crippen LogP contribution in [0.15, 0.2) is 4.52 Å². The summed E-state index contributed by atoms with van der Waals surface area (Å²) in [5, 5.41) is 17.6. The SMILES string of the molecule is CCCc1noc(C[C@]2(O)CCC[C@H](NC(=O)OC(C)(C)C)C2)n1. The van der Waals surface area contributed by atoms with Crippen LogP contribution in [0.2, 0.25) is 0 Å². The number of nitrogens with one attached hydrogen (secondary N) is 1. The van der Waals surface area contributed by atoms with Gasteiger partial charge in [0.15, 0.2) is 5.82 Å². The first-order valence-electron chi connectivity index (χ1n) is 8.72. The van der Waals surface area contributed by atoms with Gasteiger partial charge < -0.3 is 19.7 Å². The van der Waals surface area contributed by atoms with Gasteiger partial charge in [-0.15, -0.1) is 0 Å². The number of carbonyl (C=O) groups excluding carboxylic acids is 1. The van der Waals surface area contributed by atoms with Crippen LogP contribution < -0.4 is 5.32 Å². The number of aliphatic hydroxyl groups is 1. The van der Waals surface area contributed by atoms with Crippen molar-refractivity contribution in [1.82, 2.24) is 15.5 Å². The molecule has 0 aromatic carbocycles. The van der Waals surface area contributed by atoms with E-state index in [9.17, 15) is 9.90 Å². The molecule has 1 aromatic heterocycles. The maximum atomic E-state index is 11.9. The highest BCUT2D eigenvalue weighted by Crippen LogP contribution is 2.31. The molecular weight excluding hydrogens is 310 g/mol. The summed E-state index contributed by atoms with van der Waals surface area (Å²) in [6.07, 6.45) is 4.36. The van der Waals surface area contributed by atoms with Crippen molar-refractivity contribution < 1.29 is 19.2 Å². The van der Waals surface area contributed by atoms with Crippen LogP contribution in [0.25, 0.3) is 0 Å². The number of rotatable bonds is 5. The summed E-state index contributed by atoms with van der Waals surface area (Å²) in [4.78, 5) is 16.2. The zero-order valence-corrected chi connectivity index (χ0v) is 15.1. The molecule has 0 aliphatic heterocycles. The average Bonchev–Trinajstić information content (AvgIpc) is 2.83. The Kier molecular flexibility index (Phi) is 5.85. The zero-order chi connectivity index (χ0) is 17.8. The Morgan fingerprint density at radius 3 is 2.92 bits per heavy atom. The number of amides is 1. The predicted octanol–water partition coefficient (Wildman–Crippen LogP) is 2.76. The van der Waals surface area contributed by atoms with Crippen molar-refractivity contribution in [3.05, 3.63) is 11.7 Å². The normalized spacial score (nSPS) is 24.6. The van der Waals surface area contributed by atoms with Gasteiger partial charge >= 0.3 is 6.09 Å². The van der Waals surface area contributed by atoms with Crippen LogP contribution in [0.4, 0.5) is 4.79 Å². The topological polar surface area (TPSA) is 97.5 Å². The molecule has 1 amide bonds. The second kappa shape index (κ2) is 7.51. The molecule has 2 N–H and O–H groups in total. The molecule has 2 atom stereocenters. The van der Waals surface area contributed by atoms with Crippen LogP contribution >= 0.6 is 0 Å². The highest BCUT2D eigenvalue weighted by atomic mass is 16.6. The molecule has 0 bridgehead atoms. The second-order valence-corrected chi connectivity index (χ2v) is 7.69. The van der Waals surface area contributed by atoms with Gasteiger partial charge in [-0.2, -0.15) is 4.98 Å². The summed E-state index contributed by atoms with van der Waals surface area (Å²) >= 11 is 0. The third kappa shape index (κ3) is 5.78. The fraction of sp³-hybridized carbons (Fsp3) is 0.824. The largest absolute Gasteiger partial charge is 0.444 e. The summed E-state index contributed by atoms with van der Waals surface area (Å²) in [6.45, 7) is 7.53. The maximum absolute atomic E-state index is 11.9. The molecule has 1 heterocycles. The zero-order valence-electron chi connectivity index (χ0n) is 15.1. The monoisotopic (exact) mass is 339 g/mol. The van der Waals surface area contributed by atoms with E-state index < -0.39 is 17.3 Å².